The third-order valence-corrected chi connectivity index (χ3v) is 4.66. The predicted octanol–water partition coefficient (Wildman–Crippen LogP) is 4.86. The number of benzene rings is 3. The Morgan fingerprint density at radius 2 is 1.00 bits per heavy atom. The van der Waals surface area contributed by atoms with Crippen LogP contribution in [0.2, 0.25) is 0 Å². The Bertz CT molecular complexity index is 1050. The Hall–Kier alpha value is -3.86. The zero-order chi connectivity index (χ0) is 21.5. The van der Waals surface area contributed by atoms with Crippen LogP contribution in [0.1, 0.15) is 37.4 Å². The number of hydrogen-bond acceptors (Lipinski definition) is 5. The summed E-state index contributed by atoms with van der Waals surface area (Å²) in [5.41, 5.74) is 4.77. The van der Waals surface area contributed by atoms with Crippen molar-refractivity contribution in [1.29, 1.82) is 0 Å². The Balaban J connectivity index is 2.03. The molecule has 0 saturated heterocycles. The maximum absolute atomic E-state index is 11.7. The van der Waals surface area contributed by atoms with Gasteiger partial charge in [0.1, 0.15) is 5.75 Å². The number of carbonyl (C=O) groups is 2. The highest BCUT2D eigenvalue weighted by molar-refractivity contribution is 5.94. The number of hydrogen-bond donors (Lipinski definition) is 0. The summed E-state index contributed by atoms with van der Waals surface area (Å²) in [6, 6.07) is 22.1. The minimum atomic E-state index is -0.380. The molecule has 0 fully saturated rings. The molecule has 0 spiro atoms. The summed E-state index contributed by atoms with van der Waals surface area (Å²) in [5.74, 6) is 0.0100. The van der Waals surface area contributed by atoms with E-state index in [1.54, 1.807) is 31.4 Å². The smallest absolute Gasteiger partial charge is 0.337 e. The number of ether oxygens (including phenoxy) is 3. The highest BCUT2D eigenvalue weighted by Crippen LogP contribution is 2.28. The van der Waals surface area contributed by atoms with Gasteiger partial charge in [0.15, 0.2) is 0 Å². The van der Waals surface area contributed by atoms with Crippen LogP contribution in [-0.2, 0) is 9.47 Å². The lowest BCUT2D eigenvalue weighted by Crippen LogP contribution is -2.01. The molecule has 0 amide bonds. The predicted molar refractivity (Wildman–Crippen MR) is 116 cm³/mol. The van der Waals surface area contributed by atoms with E-state index < -0.39 is 0 Å². The van der Waals surface area contributed by atoms with E-state index in [4.69, 9.17) is 14.2 Å². The minimum absolute atomic E-state index is 0.376. The molecule has 3 aromatic rings. The van der Waals surface area contributed by atoms with Gasteiger partial charge in [-0.25, -0.2) is 9.59 Å². The molecule has 30 heavy (non-hydrogen) atoms. The topological polar surface area (TPSA) is 61.8 Å². The van der Waals surface area contributed by atoms with E-state index in [1.807, 2.05) is 54.6 Å². The maximum atomic E-state index is 11.7. The molecule has 0 N–H and O–H groups in total. The summed E-state index contributed by atoms with van der Waals surface area (Å²) in [5, 5.41) is 0. The van der Waals surface area contributed by atoms with Crippen molar-refractivity contribution in [1.82, 2.24) is 0 Å². The quantitative estimate of drug-likeness (QED) is 0.435. The first-order valence-corrected chi connectivity index (χ1v) is 9.29. The van der Waals surface area contributed by atoms with Gasteiger partial charge in [0.25, 0.3) is 0 Å². The molecule has 5 heteroatoms. The van der Waals surface area contributed by atoms with Crippen molar-refractivity contribution in [2.45, 2.75) is 0 Å². The number of carbonyl (C=O) groups excluding carboxylic acids is 2. The molecule has 0 aromatic heterocycles. The largest absolute Gasteiger partial charge is 0.497 e. The number of rotatable bonds is 6. The van der Waals surface area contributed by atoms with E-state index in [-0.39, 0.29) is 11.9 Å². The molecule has 0 bridgehead atoms. The average Bonchev–Trinajstić information content (AvgIpc) is 2.82. The molecule has 0 aliphatic carbocycles. The molecule has 0 atom stereocenters. The van der Waals surface area contributed by atoms with Gasteiger partial charge in [-0.05, 0) is 64.7 Å². The zero-order valence-electron chi connectivity index (χ0n) is 17.0. The summed E-state index contributed by atoms with van der Waals surface area (Å²) in [6.07, 6.45) is 2.02. The second-order valence-electron chi connectivity index (χ2n) is 6.47. The summed E-state index contributed by atoms with van der Waals surface area (Å²) in [7, 11) is 4.34. The summed E-state index contributed by atoms with van der Waals surface area (Å²) in [6.45, 7) is 0. The van der Waals surface area contributed by atoms with Crippen LogP contribution in [0.15, 0.2) is 72.8 Å². The standard InChI is InChI=1S/C25H22O5/c1-28-22-14-12-19(13-15-22)23(18-8-10-21(11-9-18)25(27)30-3)16-17-4-6-20(7-5-17)24(26)29-2/h4-16H,1-3H3/b23-16+. The summed E-state index contributed by atoms with van der Waals surface area (Å²) >= 11 is 0. The van der Waals surface area contributed by atoms with Gasteiger partial charge in [-0.2, -0.15) is 0 Å². The molecular weight excluding hydrogens is 380 g/mol. The number of esters is 2. The molecule has 0 aliphatic heterocycles. The lowest BCUT2D eigenvalue weighted by molar-refractivity contribution is 0.0592. The highest BCUT2D eigenvalue weighted by Gasteiger charge is 2.10. The molecule has 0 radical (unpaired) electrons. The third-order valence-electron chi connectivity index (χ3n) is 4.66. The fourth-order valence-corrected chi connectivity index (χ4v) is 3.01. The SMILES string of the molecule is COC(=O)c1ccc(/C=C(/c2ccc(OC)cc2)c2ccc(C(=O)OC)cc2)cc1. The van der Waals surface area contributed by atoms with Gasteiger partial charge in [-0.1, -0.05) is 36.4 Å². The molecular formula is C25H22O5. The third kappa shape index (κ3) is 4.75. The van der Waals surface area contributed by atoms with Crippen LogP contribution >= 0.6 is 0 Å². The molecule has 3 rings (SSSR count). The zero-order valence-corrected chi connectivity index (χ0v) is 17.0. The van der Waals surface area contributed by atoms with Gasteiger partial charge in [-0.15, -0.1) is 0 Å². The van der Waals surface area contributed by atoms with E-state index in [0.29, 0.717) is 11.1 Å². The lowest BCUT2D eigenvalue weighted by atomic mass is 9.94. The Labute approximate surface area is 175 Å². The van der Waals surface area contributed by atoms with E-state index in [2.05, 4.69) is 0 Å². The van der Waals surface area contributed by atoms with Gasteiger partial charge in [-0.3, -0.25) is 0 Å². The normalized spacial score (nSPS) is 11.0. The Morgan fingerprint density at radius 3 is 1.43 bits per heavy atom. The van der Waals surface area contributed by atoms with Gasteiger partial charge in [0.05, 0.1) is 32.5 Å². The van der Waals surface area contributed by atoms with Crippen LogP contribution in [-0.4, -0.2) is 33.3 Å². The van der Waals surface area contributed by atoms with Crippen molar-refractivity contribution in [2.24, 2.45) is 0 Å². The molecule has 5 nitrogen and oxygen atoms in total. The van der Waals surface area contributed by atoms with Crippen LogP contribution in [0, 0.1) is 0 Å². The Kier molecular flexibility index (Phi) is 6.65. The molecule has 0 aliphatic rings. The first-order valence-electron chi connectivity index (χ1n) is 9.29. The van der Waals surface area contributed by atoms with E-state index >= 15 is 0 Å². The summed E-state index contributed by atoms with van der Waals surface area (Å²) < 4.78 is 14.8. The van der Waals surface area contributed by atoms with Crippen LogP contribution < -0.4 is 4.74 Å². The second-order valence-corrected chi connectivity index (χ2v) is 6.47. The second kappa shape index (κ2) is 9.56. The van der Waals surface area contributed by atoms with Gasteiger partial charge < -0.3 is 14.2 Å². The van der Waals surface area contributed by atoms with E-state index in [9.17, 15) is 9.59 Å². The number of methoxy groups -OCH3 is 3. The lowest BCUT2D eigenvalue weighted by Gasteiger charge is -2.11. The van der Waals surface area contributed by atoms with Crippen molar-refractivity contribution in [3.8, 4) is 5.75 Å². The van der Waals surface area contributed by atoms with Crippen LogP contribution in [0.25, 0.3) is 11.6 Å². The molecule has 152 valence electrons. The molecule has 0 unspecified atom stereocenters. The van der Waals surface area contributed by atoms with Gasteiger partial charge in [0, 0.05) is 0 Å². The molecule has 3 aromatic carbocycles. The van der Waals surface area contributed by atoms with E-state index in [1.165, 1.54) is 14.2 Å². The Morgan fingerprint density at radius 1 is 0.600 bits per heavy atom. The van der Waals surface area contributed by atoms with Gasteiger partial charge >= 0.3 is 11.9 Å². The van der Waals surface area contributed by atoms with Crippen molar-refractivity contribution < 1.29 is 23.8 Å². The van der Waals surface area contributed by atoms with Crippen molar-refractivity contribution in [3.63, 3.8) is 0 Å². The van der Waals surface area contributed by atoms with Crippen molar-refractivity contribution >= 4 is 23.6 Å². The minimum Gasteiger partial charge on any atom is -0.497 e. The van der Waals surface area contributed by atoms with Crippen LogP contribution in [0.3, 0.4) is 0 Å². The fraction of sp³-hybridized carbons (Fsp3) is 0.120. The van der Waals surface area contributed by atoms with Crippen LogP contribution in [0.5, 0.6) is 5.75 Å². The van der Waals surface area contributed by atoms with Crippen LogP contribution in [0.4, 0.5) is 0 Å². The maximum Gasteiger partial charge on any atom is 0.337 e. The van der Waals surface area contributed by atoms with Crippen molar-refractivity contribution in [2.75, 3.05) is 21.3 Å². The highest BCUT2D eigenvalue weighted by atomic mass is 16.5. The average molecular weight is 402 g/mol. The monoisotopic (exact) mass is 402 g/mol. The molecule has 0 saturated carbocycles. The molecule has 0 heterocycles. The fourth-order valence-electron chi connectivity index (χ4n) is 3.01. The van der Waals surface area contributed by atoms with Crippen molar-refractivity contribution in [3.05, 3.63) is 101 Å². The van der Waals surface area contributed by atoms with Gasteiger partial charge in [0.2, 0.25) is 0 Å². The van der Waals surface area contributed by atoms with E-state index in [0.717, 1.165) is 28.0 Å². The first-order chi connectivity index (χ1) is 14.5. The first kappa shape index (κ1) is 20.9. The summed E-state index contributed by atoms with van der Waals surface area (Å²) in [4.78, 5) is 23.4.